The van der Waals surface area contributed by atoms with Crippen LogP contribution in [0, 0.1) is 6.92 Å². The zero-order valence-electron chi connectivity index (χ0n) is 20.1. The van der Waals surface area contributed by atoms with E-state index >= 15 is 0 Å². The minimum atomic E-state index is -0.247. The largest absolute Gasteiger partial charge is 0.341 e. The van der Waals surface area contributed by atoms with E-state index in [4.69, 9.17) is 0 Å². The summed E-state index contributed by atoms with van der Waals surface area (Å²) in [7, 11) is 0. The monoisotopic (exact) mass is 492 g/mol. The topological polar surface area (TPSA) is 49.4 Å². The summed E-state index contributed by atoms with van der Waals surface area (Å²) in [6.07, 6.45) is 0. The van der Waals surface area contributed by atoms with Gasteiger partial charge in [0, 0.05) is 12.1 Å². The first-order chi connectivity index (χ1) is 17.6. The fourth-order valence-corrected chi connectivity index (χ4v) is 5.65. The molecule has 2 atom stereocenters. The lowest BCUT2D eigenvalue weighted by Crippen LogP contribution is -2.29. The van der Waals surface area contributed by atoms with Gasteiger partial charge in [0.05, 0.1) is 11.8 Å². The van der Waals surface area contributed by atoms with Crippen LogP contribution < -0.4 is 5.32 Å². The van der Waals surface area contributed by atoms with Crippen LogP contribution in [0.2, 0.25) is 0 Å². The molecular weight excluding hydrogens is 464 g/mol. The fourth-order valence-electron chi connectivity index (χ4n) is 4.46. The lowest BCUT2D eigenvalue weighted by molar-refractivity contribution is -0.128. The first kappa shape index (κ1) is 23.9. The maximum Gasteiger partial charge on any atom is 0.252 e. The zero-order valence-corrected chi connectivity index (χ0v) is 20.9. The summed E-state index contributed by atoms with van der Waals surface area (Å²) in [6, 6.07) is 35.7. The van der Waals surface area contributed by atoms with Crippen molar-refractivity contribution in [2.24, 2.45) is 0 Å². The summed E-state index contributed by atoms with van der Waals surface area (Å²) in [5, 5.41) is 3.16. The van der Waals surface area contributed by atoms with Gasteiger partial charge in [0.15, 0.2) is 0 Å². The summed E-state index contributed by atoms with van der Waals surface area (Å²) in [4.78, 5) is 27.8. The molecule has 5 heteroatoms. The van der Waals surface area contributed by atoms with Crippen LogP contribution in [0.3, 0.4) is 0 Å². The van der Waals surface area contributed by atoms with Crippen LogP contribution in [0.15, 0.2) is 109 Å². The van der Waals surface area contributed by atoms with E-state index in [1.807, 2.05) is 89.8 Å². The number of aryl methyl sites for hydroxylation is 1. The molecule has 2 amide bonds. The van der Waals surface area contributed by atoms with Gasteiger partial charge in [0.2, 0.25) is 5.91 Å². The SMILES string of the molecule is Cc1ccc([C@@H](NC(=O)c2ccc([C@@H]3SCC(=O)N3Cc3ccccc3)cc2)c2ccccc2)cc1. The Morgan fingerprint density at radius 3 is 2.14 bits per heavy atom. The van der Waals surface area contributed by atoms with Gasteiger partial charge < -0.3 is 10.2 Å². The van der Waals surface area contributed by atoms with Crippen LogP contribution in [0.4, 0.5) is 0 Å². The van der Waals surface area contributed by atoms with Crippen LogP contribution >= 0.6 is 11.8 Å². The van der Waals surface area contributed by atoms with Gasteiger partial charge in [-0.05, 0) is 41.3 Å². The highest BCUT2D eigenvalue weighted by molar-refractivity contribution is 8.00. The minimum Gasteiger partial charge on any atom is -0.341 e. The van der Waals surface area contributed by atoms with Gasteiger partial charge in [-0.3, -0.25) is 9.59 Å². The molecule has 1 heterocycles. The Morgan fingerprint density at radius 1 is 0.861 bits per heavy atom. The van der Waals surface area contributed by atoms with Crippen molar-refractivity contribution < 1.29 is 9.59 Å². The standard InChI is InChI=1S/C31H28N2O2S/c1-22-12-14-25(15-13-22)29(24-10-6-3-7-11-24)32-30(35)26-16-18-27(19-17-26)31-33(28(34)21-36-31)20-23-8-4-2-5-9-23/h2-19,29,31H,20-21H2,1H3,(H,32,35)/t29-,31-/m0/s1. The summed E-state index contributed by atoms with van der Waals surface area (Å²) >= 11 is 1.63. The molecule has 0 unspecified atom stereocenters. The second-order valence-electron chi connectivity index (χ2n) is 9.02. The molecule has 4 nitrogen and oxygen atoms in total. The number of nitrogens with zero attached hydrogens (tertiary/aromatic N) is 1. The van der Waals surface area contributed by atoms with Crippen molar-refractivity contribution >= 4 is 23.6 Å². The van der Waals surface area contributed by atoms with E-state index in [0.717, 1.165) is 22.3 Å². The van der Waals surface area contributed by atoms with Gasteiger partial charge in [-0.2, -0.15) is 0 Å². The normalized spacial score (nSPS) is 16.1. The summed E-state index contributed by atoms with van der Waals surface area (Å²) in [5.74, 6) is 0.474. The number of hydrogen-bond acceptors (Lipinski definition) is 3. The van der Waals surface area contributed by atoms with Crippen molar-refractivity contribution in [1.82, 2.24) is 10.2 Å². The highest BCUT2D eigenvalue weighted by atomic mass is 32.2. The van der Waals surface area contributed by atoms with Crippen LogP contribution in [-0.2, 0) is 11.3 Å². The molecule has 0 saturated carbocycles. The number of carbonyl (C=O) groups is 2. The van der Waals surface area contributed by atoms with Crippen molar-refractivity contribution in [2.75, 3.05) is 5.75 Å². The Hall–Kier alpha value is -3.83. The lowest BCUT2D eigenvalue weighted by atomic mass is 9.97. The quantitative estimate of drug-likeness (QED) is 0.330. The molecule has 1 fully saturated rings. The van der Waals surface area contributed by atoms with E-state index in [2.05, 4.69) is 36.5 Å². The number of thioether (sulfide) groups is 1. The molecule has 36 heavy (non-hydrogen) atoms. The first-order valence-corrected chi connectivity index (χ1v) is 13.1. The Kier molecular flexibility index (Phi) is 7.19. The molecule has 4 aromatic rings. The molecule has 1 aliphatic rings. The molecular formula is C31H28N2O2S. The molecule has 0 spiro atoms. The Morgan fingerprint density at radius 2 is 1.47 bits per heavy atom. The maximum atomic E-state index is 13.3. The lowest BCUT2D eigenvalue weighted by Gasteiger charge is -2.24. The summed E-state index contributed by atoms with van der Waals surface area (Å²) < 4.78 is 0. The summed E-state index contributed by atoms with van der Waals surface area (Å²) in [6.45, 7) is 2.63. The highest BCUT2D eigenvalue weighted by Crippen LogP contribution is 2.39. The summed E-state index contributed by atoms with van der Waals surface area (Å²) in [5.41, 5.74) is 5.97. The van der Waals surface area contributed by atoms with Crippen LogP contribution in [-0.4, -0.2) is 22.5 Å². The zero-order chi connectivity index (χ0) is 24.9. The smallest absolute Gasteiger partial charge is 0.252 e. The highest BCUT2D eigenvalue weighted by Gasteiger charge is 2.32. The Bertz CT molecular complexity index is 1320. The Balaban J connectivity index is 1.33. The number of hydrogen-bond donors (Lipinski definition) is 1. The van der Waals surface area contributed by atoms with Crippen LogP contribution in [0.5, 0.6) is 0 Å². The third-order valence-electron chi connectivity index (χ3n) is 6.44. The molecule has 1 saturated heterocycles. The average Bonchev–Trinajstić information content (AvgIpc) is 3.28. The van der Waals surface area contributed by atoms with E-state index in [-0.39, 0.29) is 23.2 Å². The number of benzene rings is 4. The number of amides is 2. The van der Waals surface area contributed by atoms with Crippen LogP contribution in [0.25, 0.3) is 0 Å². The van der Waals surface area contributed by atoms with Gasteiger partial charge in [0.1, 0.15) is 5.37 Å². The molecule has 0 bridgehead atoms. The predicted molar refractivity (Wildman–Crippen MR) is 146 cm³/mol. The minimum absolute atomic E-state index is 0.0561. The average molecular weight is 493 g/mol. The third kappa shape index (κ3) is 5.37. The molecule has 1 N–H and O–H groups in total. The Labute approximate surface area is 216 Å². The molecule has 4 aromatic carbocycles. The van der Waals surface area contributed by atoms with Gasteiger partial charge in [-0.1, -0.05) is 103 Å². The van der Waals surface area contributed by atoms with E-state index in [1.165, 1.54) is 5.56 Å². The predicted octanol–water partition coefficient (Wildman–Crippen LogP) is 6.29. The van der Waals surface area contributed by atoms with Crippen molar-refractivity contribution in [3.63, 3.8) is 0 Å². The molecule has 1 aliphatic heterocycles. The third-order valence-corrected chi connectivity index (χ3v) is 7.70. The molecule has 5 rings (SSSR count). The number of rotatable bonds is 7. The van der Waals surface area contributed by atoms with Gasteiger partial charge in [-0.25, -0.2) is 0 Å². The van der Waals surface area contributed by atoms with Gasteiger partial charge in [0.25, 0.3) is 5.91 Å². The molecule has 0 radical (unpaired) electrons. The number of carbonyl (C=O) groups excluding carboxylic acids is 2. The second-order valence-corrected chi connectivity index (χ2v) is 10.1. The molecule has 0 aromatic heterocycles. The van der Waals surface area contributed by atoms with Crippen molar-refractivity contribution in [1.29, 1.82) is 0 Å². The van der Waals surface area contributed by atoms with Crippen molar-refractivity contribution in [2.45, 2.75) is 24.9 Å². The van der Waals surface area contributed by atoms with Gasteiger partial charge >= 0.3 is 0 Å². The second kappa shape index (κ2) is 10.8. The number of nitrogens with one attached hydrogen (secondary N) is 1. The van der Waals surface area contributed by atoms with Gasteiger partial charge in [-0.15, -0.1) is 11.8 Å². The molecule has 180 valence electrons. The van der Waals surface area contributed by atoms with E-state index in [1.54, 1.807) is 11.8 Å². The van der Waals surface area contributed by atoms with E-state index in [9.17, 15) is 9.59 Å². The molecule has 0 aliphatic carbocycles. The van der Waals surface area contributed by atoms with Crippen molar-refractivity contribution in [3.8, 4) is 0 Å². The van der Waals surface area contributed by atoms with Crippen molar-refractivity contribution in [3.05, 3.63) is 143 Å². The first-order valence-electron chi connectivity index (χ1n) is 12.1. The van der Waals surface area contributed by atoms with E-state index in [0.29, 0.717) is 17.9 Å². The van der Waals surface area contributed by atoms with Crippen LogP contribution in [0.1, 0.15) is 49.6 Å². The fraction of sp³-hybridized carbons (Fsp3) is 0.161. The maximum absolute atomic E-state index is 13.3. The van der Waals surface area contributed by atoms with E-state index < -0.39 is 0 Å².